The molecule has 1 aliphatic heterocycles. The van der Waals surface area contributed by atoms with Gasteiger partial charge in [0.2, 0.25) is 0 Å². The molecule has 0 saturated heterocycles. The first-order chi connectivity index (χ1) is 9.42. The Kier molecular flexibility index (Phi) is 1.67. The quantitative estimate of drug-likeness (QED) is 0.378. The van der Waals surface area contributed by atoms with Crippen LogP contribution in [0.3, 0.4) is 0 Å². The van der Waals surface area contributed by atoms with E-state index >= 15 is 0 Å². The van der Waals surface area contributed by atoms with Gasteiger partial charge < -0.3 is 0 Å². The Morgan fingerprint density at radius 2 is 1.95 bits per heavy atom. The summed E-state index contributed by atoms with van der Waals surface area (Å²) in [5.74, 6) is 0. The standard InChI is InChI=1S/C16H11N2S/c1-2-7-13-11(5-1)10-18-15-14(19-16(13)18)9-12-6-3-4-8-17(12)15/h1-9H,10H2/q+1. The van der Waals surface area contributed by atoms with Crippen molar-refractivity contribution in [3.05, 3.63) is 60.3 Å². The van der Waals surface area contributed by atoms with Gasteiger partial charge in [-0.25, -0.2) is 4.57 Å². The Hall–Kier alpha value is -2.13. The fourth-order valence-electron chi connectivity index (χ4n) is 3.06. The molecule has 1 aliphatic rings. The molecule has 0 amide bonds. The molecule has 0 spiro atoms. The van der Waals surface area contributed by atoms with Crippen molar-refractivity contribution in [3.63, 3.8) is 0 Å². The molecule has 0 N–H and O–H groups in total. The number of benzene rings is 1. The number of fused-ring (bicyclic) bond motifs is 7. The molecule has 1 aromatic carbocycles. The first-order valence-electron chi connectivity index (χ1n) is 6.42. The Balaban J connectivity index is 1.94. The van der Waals surface area contributed by atoms with Crippen molar-refractivity contribution >= 4 is 27.2 Å². The maximum atomic E-state index is 2.44. The maximum absolute atomic E-state index is 2.44. The lowest BCUT2D eigenvalue weighted by Gasteiger charge is -1.92. The summed E-state index contributed by atoms with van der Waals surface area (Å²) in [7, 11) is 0. The average molecular weight is 263 g/mol. The molecule has 0 aliphatic carbocycles. The van der Waals surface area contributed by atoms with Gasteiger partial charge in [0.15, 0.2) is 5.01 Å². The molecule has 0 unspecified atom stereocenters. The first-order valence-corrected chi connectivity index (χ1v) is 7.24. The highest BCUT2D eigenvalue weighted by atomic mass is 32.1. The van der Waals surface area contributed by atoms with Crippen molar-refractivity contribution in [2.45, 2.75) is 6.54 Å². The minimum atomic E-state index is 0.993. The number of hydrogen-bond donors (Lipinski definition) is 0. The molecule has 0 fully saturated rings. The maximum Gasteiger partial charge on any atom is 0.305 e. The second-order valence-corrected chi connectivity index (χ2v) is 6.01. The molecule has 3 heteroatoms. The summed E-state index contributed by atoms with van der Waals surface area (Å²) in [6.07, 6.45) is 2.15. The molecule has 2 nitrogen and oxygen atoms in total. The summed E-state index contributed by atoms with van der Waals surface area (Å²) < 4.78 is 6.11. The predicted octanol–water partition coefficient (Wildman–Crippen LogP) is 3.47. The lowest BCUT2D eigenvalue weighted by Crippen LogP contribution is -2.31. The van der Waals surface area contributed by atoms with Gasteiger partial charge in [0, 0.05) is 17.2 Å². The molecule has 90 valence electrons. The van der Waals surface area contributed by atoms with E-state index < -0.39 is 0 Å². The second-order valence-electron chi connectivity index (χ2n) is 4.98. The van der Waals surface area contributed by atoms with Crippen molar-refractivity contribution in [2.75, 3.05) is 0 Å². The van der Waals surface area contributed by atoms with E-state index in [0.29, 0.717) is 0 Å². The van der Waals surface area contributed by atoms with E-state index in [1.807, 2.05) is 11.3 Å². The Morgan fingerprint density at radius 1 is 1.05 bits per heavy atom. The zero-order valence-corrected chi connectivity index (χ0v) is 11.0. The van der Waals surface area contributed by atoms with Crippen LogP contribution in [0.2, 0.25) is 0 Å². The van der Waals surface area contributed by atoms with Gasteiger partial charge in [-0.15, -0.1) is 0 Å². The van der Waals surface area contributed by atoms with Crippen LogP contribution < -0.4 is 4.57 Å². The Bertz CT molecular complexity index is 946. The molecule has 4 heterocycles. The third-order valence-electron chi connectivity index (χ3n) is 3.90. The van der Waals surface area contributed by atoms with Gasteiger partial charge in [-0.1, -0.05) is 35.6 Å². The molecule has 0 radical (unpaired) electrons. The van der Waals surface area contributed by atoms with E-state index in [4.69, 9.17) is 0 Å². The van der Waals surface area contributed by atoms with E-state index in [0.717, 1.165) is 6.54 Å². The molecule has 3 aromatic heterocycles. The second kappa shape index (κ2) is 3.25. The number of aromatic nitrogens is 2. The monoisotopic (exact) mass is 263 g/mol. The largest absolute Gasteiger partial charge is 0.305 e. The highest BCUT2D eigenvalue weighted by Crippen LogP contribution is 2.36. The SMILES string of the molecule is c1ccc2c(c1)C[n+]1c-2sc2cc3ccccn3c21. The predicted molar refractivity (Wildman–Crippen MR) is 77.5 cm³/mol. The summed E-state index contributed by atoms with van der Waals surface area (Å²) in [5, 5.41) is 1.39. The highest BCUT2D eigenvalue weighted by Gasteiger charge is 2.30. The van der Waals surface area contributed by atoms with E-state index in [2.05, 4.69) is 63.7 Å². The molecular formula is C16H11N2S+. The number of pyridine rings is 1. The van der Waals surface area contributed by atoms with E-state index in [9.17, 15) is 0 Å². The minimum Gasteiger partial charge on any atom is -0.212 e. The molecule has 5 rings (SSSR count). The molecule has 19 heavy (non-hydrogen) atoms. The van der Waals surface area contributed by atoms with Crippen LogP contribution in [0.25, 0.3) is 26.4 Å². The van der Waals surface area contributed by atoms with Crippen molar-refractivity contribution in [2.24, 2.45) is 0 Å². The van der Waals surface area contributed by atoms with Gasteiger partial charge in [0.05, 0.1) is 6.20 Å². The van der Waals surface area contributed by atoms with Crippen LogP contribution in [0, 0.1) is 0 Å². The van der Waals surface area contributed by atoms with Crippen LogP contribution in [0.4, 0.5) is 0 Å². The Morgan fingerprint density at radius 3 is 2.95 bits per heavy atom. The molecule has 0 saturated carbocycles. The van der Waals surface area contributed by atoms with E-state index in [-0.39, 0.29) is 0 Å². The summed E-state index contributed by atoms with van der Waals surface area (Å²) in [4.78, 5) is 0. The van der Waals surface area contributed by atoms with Gasteiger partial charge in [-0.3, -0.25) is 0 Å². The summed E-state index contributed by atoms with van der Waals surface area (Å²) in [5.41, 5.74) is 5.43. The summed E-state index contributed by atoms with van der Waals surface area (Å²) in [6.45, 7) is 0.993. The zero-order valence-electron chi connectivity index (χ0n) is 10.2. The van der Waals surface area contributed by atoms with Crippen LogP contribution in [-0.2, 0) is 6.54 Å². The summed E-state index contributed by atoms with van der Waals surface area (Å²) >= 11 is 1.90. The fraction of sp³-hybridized carbons (Fsp3) is 0.0625. The van der Waals surface area contributed by atoms with Gasteiger partial charge >= 0.3 is 5.65 Å². The lowest BCUT2D eigenvalue weighted by atomic mass is 10.1. The third kappa shape index (κ3) is 1.13. The average Bonchev–Trinajstić information content (AvgIpc) is 3.05. The lowest BCUT2D eigenvalue weighted by molar-refractivity contribution is -0.644. The fourth-order valence-corrected chi connectivity index (χ4v) is 4.32. The Labute approximate surface area is 114 Å². The van der Waals surface area contributed by atoms with Crippen LogP contribution in [-0.4, -0.2) is 4.40 Å². The minimum absolute atomic E-state index is 0.993. The first kappa shape index (κ1) is 9.75. The molecular weight excluding hydrogens is 252 g/mol. The van der Waals surface area contributed by atoms with Crippen molar-refractivity contribution < 1.29 is 4.57 Å². The van der Waals surface area contributed by atoms with Gasteiger partial charge in [0.1, 0.15) is 16.8 Å². The number of hydrogen-bond acceptors (Lipinski definition) is 1. The molecule has 4 aromatic rings. The smallest absolute Gasteiger partial charge is 0.212 e. The number of thiazole rings is 1. The van der Waals surface area contributed by atoms with Gasteiger partial charge in [0.25, 0.3) is 0 Å². The molecule has 0 atom stereocenters. The van der Waals surface area contributed by atoms with E-state index in [1.165, 1.54) is 32.0 Å². The van der Waals surface area contributed by atoms with Crippen LogP contribution in [0.5, 0.6) is 0 Å². The van der Waals surface area contributed by atoms with Crippen LogP contribution in [0.1, 0.15) is 5.56 Å². The molecule has 0 bridgehead atoms. The van der Waals surface area contributed by atoms with Crippen molar-refractivity contribution in [1.82, 2.24) is 4.40 Å². The number of nitrogens with zero attached hydrogens (tertiary/aromatic N) is 2. The van der Waals surface area contributed by atoms with Gasteiger partial charge in [-0.2, -0.15) is 4.40 Å². The zero-order chi connectivity index (χ0) is 12.4. The topological polar surface area (TPSA) is 8.29 Å². The summed E-state index contributed by atoms with van der Waals surface area (Å²) in [6, 6.07) is 17.4. The van der Waals surface area contributed by atoms with Crippen LogP contribution >= 0.6 is 11.3 Å². The van der Waals surface area contributed by atoms with Crippen molar-refractivity contribution in [3.8, 4) is 10.6 Å². The number of rotatable bonds is 0. The third-order valence-corrected chi connectivity index (χ3v) is 5.06. The van der Waals surface area contributed by atoms with Gasteiger partial charge in [-0.05, 0) is 18.2 Å². The van der Waals surface area contributed by atoms with Crippen LogP contribution in [0.15, 0.2) is 54.7 Å². The van der Waals surface area contributed by atoms with Crippen molar-refractivity contribution in [1.29, 1.82) is 0 Å². The normalized spacial score (nSPS) is 13.1. The highest BCUT2D eigenvalue weighted by molar-refractivity contribution is 7.21. The van der Waals surface area contributed by atoms with E-state index in [1.54, 1.807) is 0 Å².